The Labute approximate surface area is 124 Å². The summed E-state index contributed by atoms with van der Waals surface area (Å²) in [5.41, 5.74) is 1.43. The molecule has 0 bridgehead atoms. The summed E-state index contributed by atoms with van der Waals surface area (Å²) in [6.45, 7) is 8.52. The van der Waals surface area contributed by atoms with Crippen LogP contribution in [0, 0.1) is 5.92 Å². The highest BCUT2D eigenvalue weighted by Gasteiger charge is 2.21. The standard InChI is InChI=1S/C18H29NO/c1-4-18(16-9-8-10-17(13-16)20-3)15(2)14-19-11-6-5-7-12-19/h8-10,13,15,18H,4-7,11-12,14H2,1-3H3. The van der Waals surface area contributed by atoms with Crippen LogP contribution in [-0.2, 0) is 0 Å². The van der Waals surface area contributed by atoms with Crippen molar-refractivity contribution in [2.45, 2.75) is 45.4 Å². The van der Waals surface area contributed by atoms with Crippen LogP contribution in [0.1, 0.15) is 51.0 Å². The first-order valence-electron chi connectivity index (χ1n) is 8.11. The van der Waals surface area contributed by atoms with Crippen LogP contribution in [0.4, 0.5) is 0 Å². The van der Waals surface area contributed by atoms with E-state index in [1.54, 1.807) is 7.11 Å². The van der Waals surface area contributed by atoms with Crippen molar-refractivity contribution in [3.05, 3.63) is 29.8 Å². The maximum Gasteiger partial charge on any atom is 0.119 e. The van der Waals surface area contributed by atoms with Gasteiger partial charge in [-0.25, -0.2) is 0 Å². The van der Waals surface area contributed by atoms with Crippen molar-refractivity contribution < 1.29 is 4.74 Å². The zero-order valence-electron chi connectivity index (χ0n) is 13.3. The second-order valence-electron chi connectivity index (χ2n) is 6.13. The topological polar surface area (TPSA) is 12.5 Å². The summed E-state index contributed by atoms with van der Waals surface area (Å²) < 4.78 is 5.37. The van der Waals surface area contributed by atoms with Crippen molar-refractivity contribution in [1.29, 1.82) is 0 Å². The van der Waals surface area contributed by atoms with Gasteiger partial charge in [0.1, 0.15) is 5.75 Å². The minimum atomic E-state index is 0.632. The van der Waals surface area contributed by atoms with Crippen molar-refractivity contribution in [2.75, 3.05) is 26.7 Å². The van der Waals surface area contributed by atoms with Gasteiger partial charge in [-0.3, -0.25) is 0 Å². The number of piperidine rings is 1. The Morgan fingerprint density at radius 2 is 1.95 bits per heavy atom. The van der Waals surface area contributed by atoms with Crippen LogP contribution in [-0.4, -0.2) is 31.6 Å². The Balaban J connectivity index is 2.01. The first kappa shape index (κ1) is 15.4. The lowest BCUT2D eigenvalue weighted by atomic mass is 9.84. The fraction of sp³-hybridized carbons (Fsp3) is 0.667. The minimum absolute atomic E-state index is 0.632. The summed E-state index contributed by atoms with van der Waals surface area (Å²) in [4.78, 5) is 2.65. The van der Waals surface area contributed by atoms with Gasteiger partial charge in [-0.05, 0) is 61.9 Å². The van der Waals surface area contributed by atoms with Crippen LogP contribution < -0.4 is 4.74 Å². The molecule has 2 rings (SSSR count). The quantitative estimate of drug-likeness (QED) is 0.767. The molecule has 1 fully saturated rings. The summed E-state index contributed by atoms with van der Waals surface area (Å²) in [7, 11) is 1.75. The number of likely N-dealkylation sites (tertiary alicyclic amines) is 1. The van der Waals surface area contributed by atoms with Gasteiger partial charge in [0.05, 0.1) is 7.11 Å². The second kappa shape index (κ2) is 7.68. The van der Waals surface area contributed by atoms with E-state index in [1.807, 2.05) is 6.07 Å². The van der Waals surface area contributed by atoms with Gasteiger partial charge in [0.25, 0.3) is 0 Å². The molecule has 2 atom stereocenters. The van der Waals surface area contributed by atoms with E-state index in [0.29, 0.717) is 11.8 Å². The Hall–Kier alpha value is -1.02. The lowest BCUT2D eigenvalue weighted by Gasteiger charge is -2.32. The third-order valence-corrected chi connectivity index (χ3v) is 4.64. The van der Waals surface area contributed by atoms with E-state index >= 15 is 0 Å². The maximum absolute atomic E-state index is 5.37. The average Bonchev–Trinajstić information content (AvgIpc) is 2.49. The van der Waals surface area contributed by atoms with Gasteiger partial charge in [0, 0.05) is 6.54 Å². The van der Waals surface area contributed by atoms with Gasteiger partial charge in [0.2, 0.25) is 0 Å². The van der Waals surface area contributed by atoms with Crippen LogP contribution in [0.5, 0.6) is 5.75 Å². The molecule has 0 aliphatic carbocycles. The van der Waals surface area contributed by atoms with Crippen LogP contribution in [0.25, 0.3) is 0 Å². The lowest BCUT2D eigenvalue weighted by Crippen LogP contribution is -2.35. The molecule has 0 saturated carbocycles. The molecule has 0 spiro atoms. The molecule has 0 aromatic heterocycles. The van der Waals surface area contributed by atoms with Crippen LogP contribution in [0.15, 0.2) is 24.3 Å². The maximum atomic E-state index is 5.37. The Morgan fingerprint density at radius 3 is 2.60 bits per heavy atom. The van der Waals surface area contributed by atoms with Gasteiger partial charge < -0.3 is 9.64 Å². The molecule has 2 heteroatoms. The molecular formula is C18H29NO. The number of rotatable bonds is 6. The Morgan fingerprint density at radius 1 is 1.20 bits per heavy atom. The minimum Gasteiger partial charge on any atom is -0.497 e. The van der Waals surface area contributed by atoms with Crippen molar-refractivity contribution >= 4 is 0 Å². The predicted octanol–water partition coefficient (Wildman–Crippen LogP) is 4.31. The molecule has 0 N–H and O–H groups in total. The molecule has 1 saturated heterocycles. The van der Waals surface area contributed by atoms with E-state index in [4.69, 9.17) is 4.74 Å². The van der Waals surface area contributed by atoms with Crippen molar-refractivity contribution in [3.63, 3.8) is 0 Å². The van der Waals surface area contributed by atoms with Gasteiger partial charge >= 0.3 is 0 Å². The van der Waals surface area contributed by atoms with Crippen molar-refractivity contribution in [2.24, 2.45) is 5.92 Å². The Bertz CT molecular complexity index is 398. The van der Waals surface area contributed by atoms with Gasteiger partial charge in [-0.1, -0.05) is 32.4 Å². The molecule has 112 valence electrons. The van der Waals surface area contributed by atoms with Gasteiger partial charge in [-0.15, -0.1) is 0 Å². The third-order valence-electron chi connectivity index (χ3n) is 4.64. The summed E-state index contributed by atoms with van der Waals surface area (Å²) in [5.74, 6) is 2.31. The first-order valence-corrected chi connectivity index (χ1v) is 8.11. The fourth-order valence-corrected chi connectivity index (χ4v) is 3.52. The van der Waals surface area contributed by atoms with Crippen molar-refractivity contribution in [1.82, 2.24) is 4.90 Å². The summed E-state index contributed by atoms with van der Waals surface area (Å²) in [6.07, 6.45) is 5.37. The number of ether oxygens (including phenoxy) is 1. The fourth-order valence-electron chi connectivity index (χ4n) is 3.52. The monoisotopic (exact) mass is 275 g/mol. The van der Waals surface area contributed by atoms with Gasteiger partial charge in [0.15, 0.2) is 0 Å². The molecule has 1 aliphatic rings. The van der Waals surface area contributed by atoms with Gasteiger partial charge in [-0.2, -0.15) is 0 Å². The smallest absolute Gasteiger partial charge is 0.119 e. The number of methoxy groups -OCH3 is 1. The highest BCUT2D eigenvalue weighted by atomic mass is 16.5. The van der Waals surface area contributed by atoms with E-state index in [-0.39, 0.29) is 0 Å². The van der Waals surface area contributed by atoms with E-state index in [2.05, 4.69) is 36.9 Å². The molecular weight excluding hydrogens is 246 g/mol. The Kier molecular flexibility index (Phi) is 5.90. The zero-order chi connectivity index (χ0) is 14.4. The predicted molar refractivity (Wildman–Crippen MR) is 85.5 cm³/mol. The van der Waals surface area contributed by atoms with Crippen LogP contribution in [0.3, 0.4) is 0 Å². The van der Waals surface area contributed by atoms with E-state index < -0.39 is 0 Å². The third kappa shape index (κ3) is 3.99. The summed E-state index contributed by atoms with van der Waals surface area (Å²) in [6, 6.07) is 8.61. The molecule has 1 heterocycles. The first-order chi connectivity index (χ1) is 9.74. The molecule has 2 nitrogen and oxygen atoms in total. The zero-order valence-corrected chi connectivity index (χ0v) is 13.3. The normalized spacial score (nSPS) is 19.6. The SMILES string of the molecule is CCC(c1cccc(OC)c1)C(C)CN1CCCCC1. The van der Waals surface area contributed by atoms with E-state index in [9.17, 15) is 0 Å². The second-order valence-corrected chi connectivity index (χ2v) is 6.13. The number of benzene rings is 1. The number of hydrogen-bond donors (Lipinski definition) is 0. The highest BCUT2D eigenvalue weighted by Crippen LogP contribution is 2.31. The van der Waals surface area contributed by atoms with E-state index in [1.165, 1.54) is 50.9 Å². The number of nitrogens with zero attached hydrogens (tertiary/aromatic N) is 1. The lowest BCUT2D eigenvalue weighted by molar-refractivity contribution is 0.188. The number of hydrogen-bond acceptors (Lipinski definition) is 2. The molecule has 2 unspecified atom stereocenters. The highest BCUT2D eigenvalue weighted by molar-refractivity contribution is 5.31. The summed E-state index contributed by atoms with van der Waals surface area (Å²) >= 11 is 0. The van der Waals surface area contributed by atoms with Crippen LogP contribution >= 0.6 is 0 Å². The molecule has 0 radical (unpaired) electrons. The summed E-state index contributed by atoms with van der Waals surface area (Å²) in [5, 5.41) is 0. The van der Waals surface area contributed by atoms with Crippen molar-refractivity contribution in [3.8, 4) is 5.75 Å². The molecule has 0 amide bonds. The van der Waals surface area contributed by atoms with E-state index in [0.717, 1.165) is 5.75 Å². The molecule has 1 aliphatic heterocycles. The average molecular weight is 275 g/mol. The van der Waals surface area contributed by atoms with Crippen LogP contribution in [0.2, 0.25) is 0 Å². The molecule has 1 aromatic carbocycles. The molecule has 20 heavy (non-hydrogen) atoms. The molecule has 1 aromatic rings. The largest absolute Gasteiger partial charge is 0.497 e.